The molecular formula is C19H23N3O2. The standard InChI is InChI=1S/C19H23N3O2/c20-17-9-5-4-8-16(17)19(23)21-14-18(15-6-2-1-3-7-15)22-10-12-24-13-11-22/h1-9,18H,10-14,20H2,(H,21,23). The molecule has 1 amide bonds. The second-order valence-electron chi connectivity index (χ2n) is 5.87. The molecule has 126 valence electrons. The van der Waals surface area contributed by atoms with Crippen molar-refractivity contribution in [2.24, 2.45) is 0 Å². The van der Waals surface area contributed by atoms with Crippen molar-refractivity contribution in [1.82, 2.24) is 10.2 Å². The van der Waals surface area contributed by atoms with E-state index < -0.39 is 0 Å². The van der Waals surface area contributed by atoms with Gasteiger partial charge in [-0.2, -0.15) is 0 Å². The van der Waals surface area contributed by atoms with Gasteiger partial charge in [-0.25, -0.2) is 0 Å². The fraction of sp³-hybridized carbons (Fsp3) is 0.316. The summed E-state index contributed by atoms with van der Waals surface area (Å²) >= 11 is 0. The second-order valence-corrected chi connectivity index (χ2v) is 5.87. The number of anilines is 1. The molecule has 0 aromatic heterocycles. The third kappa shape index (κ3) is 3.93. The van der Waals surface area contributed by atoms with Crippen LogP contribution in [0.5, 0.6) is 0 Å². The van der Waals surface area contributed by atoms with Crippen molar-refractivity contribution in [3.63, 3.8) is 0 Å². The van der Waals surface area contributed by atoms with Crippen LogP contribution in [0.3, 0.4) is 0 Å². The molecule has 0 aliphatic carbocycles. The number of nitrogens with zero attached hydrogens (tertiary/aromatic N) is 1. The Balaban J connectivity index is 1.72. The third-order valence-corrected chi connectivity index (χ3v) is 4.33. The van der Waals surface area contributed by atoms with E-state index in [1.54, 1.807) is 12.1 Å². The maximum absolute atomic E-state index is 12.4. The molecule has 0 bridgehead atoms. The molecule has 5 nitrogen and oxygen atoms in total. The lowest BCUT2D eigenvalue weighted by atomic mass is 10.0. The summed E-state index contributed by atoms with van der Waals surface area (Å²) in [6.45, 7) is 3.72. The first-order valence-corrected chi connectivity index (χ1v) is 8.25. The number of carbonyl (C=O) groups is 1. The van der Waals surface area contributed by atoms with E-state index >= 15 is 0 Å². The molecule has 0 radical (unpaired) electrons. The highest BCUT2D eigenvalue weighted by molar-refractivity contribution is 5.99. The van der Waals surface area contributed by atoms with Gasteiger partial charge in [0.2, 0.25) is 0 Å². The SMILES string of the molecule is Nc1ccccc1C(=O)NCC(c1ccccc1)N1CCOCC1. The molecule has 5 heteroatoms. The van der Waals surface area contributed by atoms with Crippen molar-refractivity contribution >= 4 is 11.6 Å². The third-order valence-electron chi connectivity index (χ3n) is 4.33. The van der Waals surface area contributed by atoms with Crippen LogP contribution < -0.4 is 11.1 Å². The topological polar surface area (TPSA) is 67.6 Å². The van der Waals surface area contributed by atoms with Crippen LogP contribution in [0.2, 0.25) is 0 Å². The minimum absolute atomic E-state index is 0.129. The van der Waals surface area contributed by atoms with E-state index in [1.165, 1.54) is 5.56 Å². The summed E-state index contributed by atoms with van der Waals surface area (Å²) in [5, 5.41) is 3.03. The van der Waals surface area contributed by atoms with E-state index in [0.29, 0.717) is 17.8 Å². The number of nitrogen functional groups attached to an aromatic ring is 1. The number of nitrogens with one attached hydrogen (secondary N) is 1. The first-order chi connectivity index (χ1) is 11.8. The molecule has 1 aliphatic heterocycles. The highest BCUT2D eigenvalue weighted by atomic mass is 16.5. The van der Waals surface area contributed by atoms with Gasteiger partial charge in [-0.3, -0.25) is 9.69 Å². The van der Waals surface area contributed by atoms with Crippen LogP contribution in [0.4, 0.5) is 5.69 Å². The summed E-state index contributed by atoms with van der Waals surface area (Å²) in [5.41, 5.74) is 8.11. The smallest absolute Gasteiger partial charge is 0.253 e. The zero-order valence-electron chi connectivity index (χ0n) is 13.7. The van der Waals surface area contributed by atoms with E-state index in [9.17, 15) is 4.79 Å². The minimum atomic E-state index is -0.137. The Morgan fingerprint density at radius 2 is 1.75 bits per heavy atom. The number of ether oxygens (including phenoxy) is 1. The number of para-hydroxylation sites is 1. The summed E-state index contributed by atoms with van der Waals surface area (Å²) < 4.78 is 5.45. The van der Waals surface area contributed by atoms with Gasteiger partial charge in [0.05, 0.1) is 24.8 Å². The number of hydrogen-bond acceptors (Lipinski definition) is 4. The summed E-state index contributed by atoms with van der Waals surface area (Å²) in [4.78, 5) is 14.8. The lowest BCUT2D eigenvalue weighted by Crippen LogP contribution is -2.43. The fourth-order valence-corrected chi connectivity index (χ4v) is 3.01. The Labute approximate surface area is 142 Å². The minimum Gasteiger partial charge on any atom is -0.398 e. The first-order valence-electron chi connectivity index (χ1n) is 8.25. The maximum atomic E-state index is 12.4. The number of carbonyl (C=O) groups excluding carboxylic acids is 1. The average molecular weight is 325 g/mol. The van der Waals surface area contributed by atoms with Gasteiger partial charge in [0.25, 0.3) is 5.91 Å². The van der Waals surface area contributed by atoms with Crippen LogP contribution >= 0.6 is 0 Å². The number of nitrogens with two attached hydrogens (primary N) is 1. The number of benzene rings is 2. The molecule has 1 aliphatic rings. The van der Waals surface area contributed by atoms with E-state index in [-0.39, 0.29) is 11.9 Å². The Kier molecular flexibility index (Phi) is 5.46. The van der Waals surface area contributed by atoms with Gasteiger partial charge < -0.3 is 15.8 Å². The Morgan fingerprint density at radius 1 is 1.08 bits per heavy atom. The number of amides is 1. The van der Waals surface area contributed by atoms with Crippen LogP contribution in [0, 0.1) is 0 Å². The van der Waals surface area contributed by atoms with Crippen LogP contribution in [0.1, 0.15) is 22.0 Å². The van der Waals surface area contributed by atoms with Gasteiger partial charge in [-0.1, -0.05) is 42.5 Å². The van der Waals surface area contributed by atoms with Crippen molar-refractivity contribution in [2.45, 2.75) is 6.04 Å². The van der Waals surface area contributed by atoms with E-state index in [0.717, 1.165) is 26.3 Å². The van der Waals surface area contributed by atoms with E-state index in [1.807, 2.05) is 30.3 Å². The Bertz CT molecular complexity index is 669. The molecule has 1 fully saturated rings. The lowest BCUT2D eigenvalue weighted by molar-refractivity contribution is 0.0162. The van der Waals surface area contributed by atoms with Crippen molar-refractivity contribution in [1.29, 1.82) is 0 Å². The van der Waals surface area contributed by atoms with Gasteiger partial charge in [0.1, 0.15) is 0 Å². The quantitative estimate of drug-likeness (QED) is 0.826. The highest BCUT2D eigenvalue weighted by Gasteiger charge is 2.23. The molecule has 1 saturated heterocycles. The molecule has 0 saturated carbocycles. The van der Waals surface area contributed by atoms with Crippen molar-refractivity contribution in [3.05, 3.63) is 65.7 Å². The second kappa shape index (κ2) is 7.95. The van der Waals surface area contributed by atoms with Crippen LogP contribution in [-0.2, 0) is 4.74 Å². The van der Waals surface area contributed by atoms with Crippen LogP contribution in [0.25, 0.3) is 0 Å². The maximum Gasteiger partial charge on any atom is 0.253 e. The summed E-state index contributed by atoms with van der Waals surface area (Å²) in [5.74, 6) is -0.137. The van der Waals surface area contributed by atoms with Gasteiger partial charge in [-0.05, 0) is 17.7 Å². The zero-order valence-corrected chi connectivity index (χ0v) is 13.7. The number of rotatable bonds is 5. The first kappa shape index (κ1) is 16.5. The molecule has 0 spiro atoms. The van der Waals surface area contributed by atoms with Gasteiger partial charge >= 0.3 is 0 Å². The predicted octanol–water partition coefficient (Wildman–Crippen LogP) is 2.07. The van der Waals surface area contributed by atoms with Crippen molar-refractivity contribution < 1.29 is 9.53 Å². The molecule has 1 unspecified atom stereocenters. The van der Waals surface area contributed by atoms with E-state index in [2.05, 4.69) is 22.3 Å². The Hall–Kier alpha value is -2.37. The lowest BCUT2D eigenvalue weighted by Gasteiger charge is -2.35. The normalized spacial score (nSPS) is 16.5. The van der Waals surface area contributed by atoms with Gasteiger partial charge in [-0.15, -0.1) is 0 Å². The molecule has 2 aromatic rings. The van der Waals surface area contributed by atoms with Crippen LogP contribution in [0.15, 0.2) is 54.6 Å². The van der Waals surface area contributed by atoms with Crippen LogP contribution in [-0.4, -0.2) is 43.7 Å². The predicted molar refractivity (Wildman–Crippen MR) is 94.8 cm³/mol. The molecule has 1 heterocycles. The fourth-order valence-electron chi connectivity index (χ4n) is 3.01. The van der Waals surface area contributed by atoms with Crippen molar-refractivity contribution in [3.8, 4) is 0 Å². The monoisotopic (exact) mass is 325 g/mol. The molecule has 1 atom stereocenters. The molecule has 24 heavy (non-hydrogen) atoms. The summed E-state index contributed by atoms with van der Waals surface area (Å²) in [6.07, 6.45) is 0. The van der Waals surface area contributed by atoms with Gasteiger partial charge in [0.15, 0.2) is 0 Å². The largest absolute Gasteiger partial charge is 0.398 e. The Morgan fingerprint density at radius 3 is 2.46 bits per heavy atom. The molecule has 2 aromatic carbocycles. The van der Waals surface area contributed by atoms with Gasteiger partial charge in [0, 0.05) is 25.3 Å². The molecule has 3 rings (SSSR count). The molecule has 3 N–H and O–H groups in total. The summed E-state index contributed by atoms with van der Waals surface area (Å²) in [7, 11) is 0. The average Bonchev–Trinajstić information content (AvgIpc) is 2.64. The van der Waals surface area contributed by atoms with Crippen molar-refractivity contribution in [2.75, 3.05) is 38.6 Å². The van der Waals surface area contributed by atoms with E-state index in [4.69, 9.17) is 10.5 Å². The number of hydrogen-bond donors (Lipinski definition) is 2. The zero-order chi connectivity index (χ0) is 16.8. The highest BCUT2D eigenvalue weighted by Crippen LogP contribution is 2.21. The summed E-state index contributed by atoms with van der Waals surface area (Å²) in [6, 6.07) is 17.5. The molecular weight excluding hydrogens is 302 g/mol. The number of morpholine rings is 1.